The van der Waals surface area contributed by atoms with E-state index in [0.29, 0.717) is 43.9 Å². The van der Waals surface area contributed by atoms with Gasteiger partial charge < -0.3 is 60.8 Å². The smallest absolute Gasteiger partial charge is 0.407 e. The Labute approximate surface area is 563 Å². The Morgan fingerprint density at radius 2 is 0.947 bits per heavy atom. The first-order chi connectivity index (χ1) is 44.7. The number of nitrogens with zero attached hydrogens (tertiary/aromatic N) is 14. The summed E-state index contributed by atoms with van der Waals surface area (Å²) in [5.41, 5.74) is 15.9. The third-order valence-electron chi connectivity index (χ3n) is 18.9. The molecule has 8 aliphatic heterocycles. The van der Waals surface area contributed by atoms with Gasteiger partial charge in [-0.2, -0.15) is 0 Å². The Morgan fingerprint density at radius 3 is 1.35 bits per heavy atom. The van der Waals surface area contributed by atoms with E-state index in [1.165, 1.54) is 0 Å². The summed E-state index contributed by atoms with van der Waals surface area (Å²) in [6.07, 6.45) is 12.4. The number of hydrogen-bond donors (Lipinski definition) is 5. The van der Waals surface area contributed by atoms with E-state index in [2.05, 4.69) is 93.8 Å². The SMILES string of the molecule is CC1(CNC(=O)OC(C)(C)C)CCN(c2cnc3c(n2)CN=C3I)CC1.CC1(CNC(=O)OC(C)(C)C)CCN(c2cnc3c(n2)CN=C3N2CCc3cc(C(=O)O)ccc32)CC1.CNC(=O)c1ccc2c(c1)CCN2C1=NCc2nc(N3CCC(C)(CN)CC3)cnc21. The number of carbonyl (C=O) groups excluding carboxylic acids is 3. The molecule has 3 amide bonds. The summed E-state index contributed by atoms with van der Waals surface area (Å²) >= 11 is 2.21. The van der Waals surface area contributed by atoms with Gasteiger partial charge in [-0.3, -0.25) is 19.8 Å². The number of carbonyl (C=O) groups is 4. The number of aliphatic imine (C=N–C) groups is 3. The molecule has 500 valence electrons. The lowest BCUT2D eigenvalue weighted by molar-refractivity contribution is 0.0485. The van der Waals surface area contributed by atoms with Gasteiger partial charge in [0.1, 0.15) is 49.5 Å². The van der Waals surface area contributed by atoms with Crippen LogP contribution in [0.2, 0.25) is 0 Å². The largest absolute Gasteiger partial charge is 0.478 e. The maximum absolute atomic E-state index is 12.1. The fourth-order valence-electron chi connectivity index (χ4n) is 12.9. The van der Waals surface area contributed by atoms with Crippen LogP contribution < -0.4 is 46.2 Å². The topological polar surface area (TPSA) is 300 Å². The molecule has 2 aromatic carbocycles. The van der Waals surface area contributed by atoms with Crippen molar-refractivity contribution in [2.45, 2.75) is 145 Å². The van der Waals surface area contributed by atoms with Crippen molar-refractivity contribution in [2.75, 3.05) is 104 Å². The molecule has 6 N–H and O–H groups in total. The van der Waals surface area contributed by atoms with Crippen molar-refractivity contribution in [3.05, 3.63) is 111 Å². The van der Waals surface area contributed by atoms with Crippen molar-refractivity contribution < 1.29 is 33.8 Å². The van der Waals surface area contributed by atoms with Gasteiger partial charge in [0, 0.05) is 89.4 Å². The number of rotatable bonds is 10. The first-order valence-corrected chi connectivity index (χ1v) is 33.8. The fourth-order valence-corrected chi connectivity index (χ4v) is 13.5. The van der Waals surface area contributed by atoms with E-state index in [1.807, 2.05) is 84.4 Å². The summed E-state index contributed by atoms with van der Waals surface area (Å²) in [7, 11) is 1.65. The molecule has 0 spiro atoms. The summed E-state index contributed by atoms with van der Waals surface area (Å²) in [4.78, 5) is 101. The molecule has 3 fully saturated rings. The predicted molar refractivity (Wildman–Crippen MR) is 372 cm³/mol. The monoisotopic (exact) mass is 1400 g/mol. The van der Waals surface area contributed by atoms with Crippen LogP contribution >= 0.6 is 22.6 Å². The number of aromatic nitrogens is 6. The van der Waals surface area contributed by atoms with Gasteiger partial charge in [0.2, 0.25) is 0 Å². The molecular formula is C68H89IN18O7. The maximum Gasteiger partial charge on any atom is 0.407 e. The zero-order valence-electron chi connectivity index (χ0n) is 55.9. The minimum absolute atomic E-state index is 0.00249. The molecule has 25 nitrogen and oxygen atoms in total. The van der Waals surface area contributed by atoms with Crippen LogP contribution in [0.25, 0.3) is 0 Å². The standard InChI is InChI=1S/C27H34N6O4.C23H29N7O.C18H26IN5O2/c1-26(2,3)37-25(36)30-16-27(4)8-11-32(12-9-27)21-15-28-22-19(31-21)14-29-23(22)33-10-7-17-13-18(24(34)35)5-6-20(17)33;1-23(14-24)6-9-29(10-7-23)19-13-26-20-17(28-19)12-27-21(20)30-8-5-15-11-16(22(31)25-2)3-4-18(15)30;1-17(2,3)26-16(25)22-11-18(4)5-7-24(8-6-18)13-10-20-14-12(23-13)9-21-15(14)19/h5-6,13,15H,7-12,14,16H2,1-4H3,(H,30,36)(H,34,35);3-4,11,13H,5-10,12,14,24H2,1-2H3,(H,25,31);10H,5-9,11H2,1-4H3,(H,22,25). The van der Waals surface area contributed by atoms with Crippen LogP contribution in [0.3, 0.4) is 0 Å². The van der Waals surface area contributed by atoms with Crippen LogP contribution in [0.15, 0.2) is 70.0 Å². The summed E-state index contributed by atoms with van der Waals surface area (Å²) in [6, 6.07) is 11.1. The normalized spacial score (nSPS) is 18.7. The van der Waals surface area contributed by atoms with Gasteiger partial charge in [-0.1, -0.05) is 20.8 Å². The van der Waals surface area contributed by atoms with Gasteiger partial charge in [-0.05, 0) is 186 Å². The van der Waals surface area contributed by atoms with Crippen molar-refractivity contribution in [1.29, 1.82) is 0 Å². The number of carboxylic acids is 1. The molecule has 5 aromatic rings. The highest BCUT2D eigenvalue weighted by Crippen LogP contribution is 2.38. The van der Waals surface area contributed by atoms with Crippen molar-refractivity contribution in [3.8, 4) is 0 Å². The lowest BCUT2D eigenvalue weighted by Gasteiger charge is -2.40. The molecule has 3 aromatic heterocycles. The number of amides is 3. The predicted octanol–water partition coefficient (Wildman–Crippen LogP) is 8.66. The third-order valence-corrected chi connectivity index (χ3v) is 19.8. The summed E-state index contributed by atoms with van der Waals surface area (Å²) in [5, 5.41) is 17.8. The Bertz CT molecular complexity index is 3800. The molecule has 3 saturated heterocycles. The van der Waals surface area contributed by atoms with Crippen molar-refractivity contribution in [3.63, 3.8) is 0 Å². The highest BCUT2D eigenvalue weighted by Gasteiger charge is 2.38. The molecule has 0 unspecified atom stereocenters. The van der Waals surface area contributed by atoms with Crippen LogP contribution in [0, 0.1) is 16.2 Å². The van der Waals surface area contributed by atoms with Crippen LogP contribution in [0.4, 0.5) is 38.4 Å². The van der Waals surface area contributed by atoms with Crippen molar-refractivity contribution in [2.24, 2.45) is 37.0 Å². The highest BCUT2D eigenvalue weighted by molar-refractivity contribution is 14.1. The van der Waals surface area contributed by atoms with Gasteiger partial charge in [-0.15, -0.1) is 0 Å². The average Bonchev–Trinajstić information content (AvgIpc) is 0.962. The third kappa shape index (κ3) is 15.5. The van der Waals surface area contributed by atoms with E-state index in [1.54, 1.807) is 19.2 Å². The number of alkyl carbamates (subject to hydrolysis) is 2. The van der Waals surface area contributed by atoms with Crippen LogP contribution in [-0.2, 0) is 41.9 Å². The van der Waals surface area contributed by atoms with E-state index >= 15 is 0 Å². The van der Waals surface area contributed by atoms with Gasteiger partial charge in [0.05, 0.1) is 60.9 Å². The van der Waals surface area contributed by atoms with Gasteiger partial charge in [-0.25, -0.2) is 44.3 Å². The number of piperidine rings is 3. The number of carboxylic acid groups (broad SMARTS) is 1. The zero-order chi connectivity index (χ0) is 66.9. The number of nitrogens with two attached hydrogens (primary N) is 1. The minimum atomic E-state index is -0.916. The fraction of sp³-hybridized carbons (Fsp3) is 0.544. The van der Waals surface area contributed by atoms with Crippen LogP contribution in [0.5, 0.6) is 0 Å². The first kappa shape index (κ1) is 67.3. The molecule has 0 radical (unpaired) electrons. The van der Waals surface area contributed by atoms with E-state index in [9.17, 15) is 24.3 Å². The molecule has 0 bridgehead atoms. The lowest BCUT2D eigenvalue weighted by atomic mass is 9.80. The Balaban J connectivity index is 0.000000146. The number of anilines is 5. The van der Waals surface area contributed by atoms with Crippen LogP contribution in [0.1, 0.15) is 167 Å². The molecule has 13 rings (SSSR count). The molecule has 26 heteroatoms. The van der Waals surface area contributed by atoms with Crippen LogP contribution in [-0.4, -0.2) is 165 Å². The molecule has 0 saturated carbocycles. The maximum atomic E-state index is 12.1. The summed E-state index contributed by atoms with van der Waals surface area (Å²) < 4.78 is 11.6. The second-order valence-electron chi connectivity index (χ2n) is 28.6. The number of amidine groups is 2. The van der Waals surface area contributed by atoms with Gasteiger partial charge in [0.15, 0.2) is 11.7 Å². The number of halogens is 1. The van der Waals surface area contributed by atoms with E-state index in [4.69, 9.17) is 50.1 Å². The Kier molecular flexibility index (Phi) is 19.5. The first-order valence-electron chi connectivity index (χ1n) is 32.7. The number of ether oxygens (including phenoxy) is 2. The lowest BCUT2D eigenvalue weighted by Crippen LogP contribution is -2.46. The van der Waals surface area contributed by atoms with E-state index in [-0.39, 0.29) is 34.3 Å². The van der Waals surface area contributed by atoms with Gasteiger partial charge >= 0.3 is 18.2 Å². The van der Waals surface area contributed by atoms with E-state index in [0.717, 1.165) is 200 Å². The summed E-state index contributed by atoms with van der Waals surface area (Å²) in [6.45, 7) is 28.4. The molecule has 0 aliphatic carbocycles. The number of nitrogens with one attached hydrogen (secondary N) is 3. The quantitative estimate of drug-likeness (QED) is 0.0817. The van der Waals surface area contributed by atoms with E-state index < -0.39 is 17.2 Å². The molecule has 8 aliphatic rings. The molecule has 0 atom stereocenters. The molecule has 11 heterocycles. The zero-order valence-corrected chi connectivity index (χ0v) is 58.0. The molecular weight excluding hydrogens is 1310 g/mol. The summed E-state index contributed by atoms with van der Waals surface area (Å²) in [5.74, 6) is 3.42. The number of aromatic carboxylic acids is 1. The van der Waals surface area contributed by atoms with Gasteiger partial charge in [0.25, 0.3) is 5.91 Å². The number of fused-ring (bicyclic) bond motifs is 5. The Hall–Kier alpha value is -8.14. The second kappa shape index (κ2) is 27.3. The number of hydrogen-bond acceptors (Lipinski definition) is 21. The minimum Gasteiger partial charge on any atom is -0.478 e. The number of benzene rings is 2. The highest BCUT2D eigenvalue weighted by atomic mass is 127. The van der Waals surface area contributed by atoms with Crippen molar-refractivity contribution in [1.82, 2.24) is 45.9 Å². The Morgan fingerprint density at radius 1 is 0.564 bits per heavy atom. The average molecular weight is 1400 g/mol. The second-order valence-corrected chi connectivity index (χ2v) is 29.7. The molecule has 94 heavy (non-hydrogen) atoms. The van der Waals surface area contributed by atoms with Crippen molar-refractivity contribution >= 4 is 90.9 Å².